The van der Waals surface area contributed by atoms with Gasteiger partial charge in [0.2, 0.25) is 5.91 Å². The van der Waals surface area contributed by atoms with Crippen LogP contribution in [0.5, 0.6) is 0 Å². The van der Waals surface area contributed by atoms with E-state index in [1.807, 2.05) is 12.1 Å². The summed E-state index contributed by atoms with van der Waals surface area (Å²) in [5.41, 5.74) is 5.53. The van der Waals surface area contributed by atoms with Crippen molar-refractivity contribution in [3.63, 3.8) is 0 Å². The van der Waals surface area contributed by atoms with Crippen molar-refractivity contribution in [1.82, 2.24) is 5.43 Å². The second-order valence-electron chi connectivity index (χ2n) is 6.23. The number of hydrogen-bond acceptors (Lipinski definition) is 6. The lowest BCUT2D eigenvalue weighted by Gasteiger charge is -2.12. The van der Waals surface area contributed by atoms with Gasteiger partial charge >= 0.3 is 11.6 Å². The van der Waals surface area contributed by atoms with E-state index in [9.17, 15) is 14.4 Å². The predicted molar refractivity (Wildman–Crippen MR) is 89.1 cm³/mol. The molecule has 0 atom stereocenters. The number of nitrogens with zero attached hydrogens (tertiary/aromatic N) is 1. The van der Waals surface area contributed by atoms with Crippen molar-refractivity contribution >= 4 is 28.6 Å². The zero-order valence-corrected chi connectivity index (χ0v) is 13.5. The molecule has 0 unspecified atom stereocenters. The number of esters is 1. The third-order valence-corrected chi connectivity index (χ3v) is 4.54. The molecule has 4 rings (SSSR count). The molecule has 2 heterocycles. The van der Waals surface area contributed by atoms with Crippen molar-refractivity contribution < 1.29 is 18.7 Å². The second-order valence-corrected chi connectivity index (χ2v) is 6.23. The highest BCUT2D eigenvalue weighted by Gasteiger charge is 2.21. The zero-order chi connectivity index (χ0) is 17.4. The van der Waals surface area contributed by atoms with Crippen LogP contribution in [-0.4, -0.2) is 17.6 Å². The summed E-state index contributed by atoms with van der Waals surface area (Å²) in [5.74, 6) is -0.820. The number of hydrazone groups is 1. The lowest BCUT2D eigenvalue weighted by molar-refractivity contribution is -0.137. The standard InChI is InChI=1S/C18H16N2O5/c21-16-5-4-14(19-20-16)18(23)24-9-12-8-17(22)25-15-7-11-3-1-2-10(11)6-13(12)15/h6-8H,1-5,9H2,(H,20,21). The monoisotopic (exact) mass is 340 g/mol. The van der Waals surface area contributed by atoms with Gasteiger partial charge in [0.1, 0.15) is 17.9 Å². The van der Waals surface area contributed by atoms with Gasteiger partial charge < -0.3 is 9.15 Å². The van der Waals surface area contributed by atoms with Gasteiger partial charge in [-0.05, 0) is 42.5 Å². The van der Waals surface area contributed by atoms with Gasteiger partial charge in [0.15, 0.2) is 0 Å². The maximum absolute atomic E-state index is 12.1. The van der Waals surface area contributed by atoms with Gasteiger partial charge in [-0.25, -0.2) is 15.0 Å². The minimum atomic E-state index is -0.595. The molecule has 2 aliphatic rings. The summed E-state index contributed by atoms with van der Waals surface area (Å²) in [6.45, 7) is -0.0489. The number of hydrogen-bond donors (Lipinski definition) is 1. The first-order valence-electron chi connectivity index (χ1n) is 8.21. The average Bonchev–Trinajstić information content (AvgIpc) is 3.05. The first kappa shape index (κ1) is 15.6. The molecule has 1 aliphatic carbocycles. The van der Waals surface area contributed by atoms with E-state index < -0.39 is 11.6 Å². The number of fused-ring (bicyclic) bond motifs is 2. The van der Waals surface area contributed by atoms with Gasteiger partial charge in [-0.2, -0.15) is 5.10 Å². The minimum Gasteiger partial charge on any atom is -0.456 e. The molecular formula is C18H16N2O5. The molecule has 0 saturated carbocycles. The molecule has 7 nitrogen and oxygen atoms in total. The number of carbonyl (C=O) groups is 2. The summed E-state index contributed by atoms with van der Waals surface area (Å²) in [6, 6.07) is 5.27. The van der Waals surface area contributed by atoms with Crippen LogP contribution in [0.1, 0.15) is 36.0 Å². The first-order chi connectivity index (χ1) is 12.1. The average molecular weight is 340 g/mol. The van der Waals surface area contributed by atoms with Gasteiger partial charge in [0.05, 0.1) is 0 Å². The summed E-state index contributed by atoms with van der Waals surface area (Å²) in [6.07, 6.45) is 3.53. The van der Waals surface area contributed by atoms with Crippen molar-refractivity contribution in [2.75, 3.05) is 0 Å². The highest BCUT2D eigenvalue weighted by Crippen LogP contribution is 2.28. The Balaban J connectivity index is 1.60. The maximum Gasteiger partial charge on any atom is 0.354 e. The smallest absolute Gasteiger partial charge is 0.354 e. The summed E-state index contributed by atoms with van der Waals surface area (Å²) < 4.78 is 10.6. The number of aryl methyl sites for hydroxylation is 2. The number of amides is 1. The molecule has 1 N–H and O–H groups in total. The van der Waals surface area contributed by atoms with Crippen LogP contribution in [0.25, 0.3) is 11.0 Å². The van der Waals surface area contributed by atoms with Gasteiger partial charge in [-0.1, -0.05) is 0 Å². The molecule has 25 heavy (non-hydrogen) atoms. The molecule has 1 aromatic heterocycles. The Kier molecular flexibility index (Phi) is 3.83. The van der Waals surface area contributed by atoms with Crippen molar-refractivity contribution in [3.8, 4) is 0 Å². The second kappa shape index (κ2) is 6.16. The SMILES string of the molecule is O=C1CCC(C(=O)OCc2cc(=O)oc3cc4c(cc23)CCC4)=NN1. The van der Waals surface area contributed by atoms with Crippen LogP contribution < -0.4 is 11.1 Å². The van der Waals surface area contributed by atoms with Crippen LogP contribution >= 0.6 is 0 Å². The lowest BCUT2D eigenvalue weighted by Crippen LogP contribution is -2.30. The van der Waals surface area contributed by atoms with Crippen LogP contribution in [0, 0.1) is 0 Å². The molecule has 1 aliphatic heterocycles. The third-order valence-electron chi connectivity index (χ3n) is 4.54. The fourth-order valence-corrected chi connectivity index (χ4v) is 3.26. The molecule has 1 aromatic carbocycles. The van der Waals surface area contributed by atoms with E-state index in [0.717, 1.165) is 24.6 Å². The molecule has 0 bridgehead atoms. The minimum absolute atomic E-state index is 0.0489. The van der Waals surface area contributed by atoms with Crippen LogP contribution in [0.15, 0.2) is 32.5 Å². The number of nitrogens with one attached hydrogen (secondary N) is 1. The van der Waals surface area contributed by atoms with E-state index in [-0.39, 0.29) is 31.1 Å². The Labute approximate surface area is 142 Å². The zero-order valence-electron chi connectivity index (χ0n) is 13.5. The number of carbonyl (C=O) groups excluding carboxylic acids is 2. The Morgan fingerprint density at radius 1 is 1.12 bits per heavy atom. The van der Waals surface area contributed by atoms with Crippen molar-refractivity contribution in [2.24, 2.45) is 5.10 Å². The van der Waals surface area contributed by atoms with Gasteiger partial charge in [-0.3, -0.25) is 4.79 Å². The van der Waals surface area contributed by atoms with Crippen LogP contribution in [0.2, 0.25) is 0 Å². The Morgan fingerprint density at radius 3 is 2.68 bits per heavy atom. The topological polar surface area (TPSA) is 98.0 Å². The van der Waals surface area contributed by atoms with E-state index in [4.69, 9.17) is 9.15 Å². The van der Waals surface area contributed by atoms with E-state index in [1.54, 1.807) is 0 Å². The first-order valence-corrected chi connectivity index (χ1v) is 8.21. The summed E-state index contributed by atoms with van der Waals surface area (Å²) >= 11 is 0. The van der Waals surface area contributed by atoms with Crippen LogP contribution in [-0.2, 0) is 33.8 Å². The molecular weight excluding hydrogens is 324 g/mol. The highest BCUT2D eigenvalue weighted by atomic mass is 16.5. The summed E-state index contributed by atoms with van der Waals surface area (Å²) in [4.78, 5) is 35.0. The number of benzene rings is 1. The largest absolute Gasteiger partial charge is 0.456 e. The quantitative estimate of drug-likeness (QED) is 0.676. The molecule has 2 aromatic rings. The van der Waals surface area contributed by atoms with Gasteiger partial charge in [-0.15, -0.1) is 0 Å². The van der Waals surface area contributed by atoms with Gasteiger partial charge in [0.25, 0.3) is 0 Å². The highest BCUT2D eigenvalue weighted by molar-refractivity contribution is 6.37. The normalized spacial score (nSPS) is 16.3. The molecule has 0 saturated heterocycles. The molecule has 0 radical (unpaired) electrons. The molecule has 0 fully saturated rings. The van der Waals surface area contributed by atoms with Crippen molar-refractivity contribution in [3.05, 3.63) is 45.3 Å². The van der Waals surface area contributed by atoms with E-state index in [2.05, 4.69) is 10.5 Å². The Morgan fingerprint density at radius 2 is 1.92 bits per heavy atom. The molecule has 0 spiro atoms. The molecule has 128 valence electrons. The third kappa shape index (κ3) is 3.05. The summed E-state index contributed by atoms with van der Waals surface area (Å²) in [7, 11) is 0. The Hall–Kier alpha value is -2.96. The molecule has 7 heteroatoms. The maximum atomic E-state index is 12.1. The number of rotatable bonds is 3. The Bertz CT molecular complexity index is 973. The van der Waals surface area contributed by atoms with E-state index in [0.29, 0.717) is 11.1 Å². The fourth-order valence-electron chi connectivity index (χ4n) is 3.26. The predicted octanol–water partition coefficient (Wildman–Crippen LogP) is 1.59. The summed E-state index contributed by atoms with van der Waals surface area (Å²) in [5, 5.41) is 4.50. The van der Waals surface area contributed by atoms with Crippen LogP contribution in [0.4, 0.5) is 0 Å². The number of ether oxygens (including phenoxy) is 1. The van der Waals surface area contributed by atoms with Gasteiger partial charge in [0, 0.05) is 29.9 Å². The molecule has 1 amide bonds. The van der Waals surface area contributed by atoms with Crippen LogP contribution in [0.3, 0.4) is 0 Å². The van der Waals surface area contributed by atoms with E-state index >= 15 is 0 Å². The van der Waals surface area contributed by atoms with E-state index in [1.165, 1.54) is 17.2 Å². The lowest BCUT2D eigenvalue weighted by atomic mass is 10.0. The van der Waals surface area contributed by atoms with Crippen molar-refractivity contribution in [2.45, 2.75) is 38.7 Å². The van der Waals surface area contributed by atoms with Crippen molar-refractivity contribution in [1.29, 1.82) is 0 Å². The fraction of sp³-hybridized carbons (Fsp3) is 0.333.